The second-order valence-electron chi connectivity index (χ2n) is 5.18. The molecule has 7 nitrogen and oxygen atoms in total. The molecule has 0 bridgehead atoms. The minimum atomic E-state index is -2.65. The van der Waals surface area contributed by atoms with Gasteiger partial charge in [0.15, 0.2) is 0 Å². The topological polar surface area (TPSA) is 102 Å². The second-order valence-corrected chi connectivity index (χ2v) is 5.91. The maximum atomic E-state index is 11.8. The number of benzene rings is 1. The molecule has 1 aliphatic rings. The van der Waals surface area contributed by atoms with E-state index in [0.29, 0.717) is 22.4 Å². The number of methoxy groups -OCH3 is 1. The number of ether oxygens (including phenoxy) is 2. The van der Waals surface area contributed by atoms with E-state index < -0.39 is 14.2 Å². The summed E-state index contributed by atoms with van der Waals surface area (Å²) in [7, 11) is -1.16. The summed E-state index contributed by atoms with van der Waals surface area (Å²) in [5.74, 6) is -0.202. The van der Waals surface area contributed by atoms with Gasteiger partial charge in [0.25, 0.3) is 0 Å². The summed E-state index contributed by atoms with van der Waals surface area (Å²) in [5.41, 5.74) is 2.75. The van der Waals surface area contributed by atoms with Crippen LogP contribution in [0.1, 0.15) is 34.0 Å². The van der Waals surface area contributed by atoms with Crippen molar-refractivity contribution in [3.8, 4) is 11.5 Å². The molecule has 23 heavy (non-hydrogen) atoms. The molecule has 2 rings (SSSR count). The molecule has 0 aliphatic carbocycles. The first-order valence-corrected chi connectivity index (χ1v) is 8.02. The Kier molecular flexibility index (Phi) is 5.36. The smallest absolute Gasteiger partial charge is 0.507 e. The van der Waals surface area contributed by atoms with Crippen LogP contribution >= 0.6 is 8.25 Å². The normalized spacial score (nSPS) is 14.5. The molecule has 0 saturated heterocycles. The van der Waals surface area contributed by atoms with E-state index in [2.05, 4.69) is 4.52 Å². The molecule has 0 amide bonds. The Morgan fingerprint density at radius 2 is 2.17 bits per heavy atom. The van der Waals surface area contributed by atoms with Crippen molar-refractivity contribution in [3.05, 3.63) is 33.9 Å². The number of cyclic esters (lactones) is 1. The van der Waals surface area contributed by atoms with Gasteiger partial charge < -0.3 is 14.6 Å². The number of rotatable bonds is 6. The van der Waals surface area contributed by atoms with Gasteiger partial charge in [0.2, 0.25) is 0 Å². The number of aromatic hydroxyl groups is 1. The molecule has 0 fully saturated rings. The van der Waals surface area contributed by atoms with Crippen LogP contribution in [0.5, 0.6) is 11.5 Å². The lowest BCUT2D eigenvalue weighted by atomic mass is 9.95. The van der Waals surface area contributed by atoms with Gasteiger partial charge in [0.1, 0.15) is 30.3 Å². The summed E-state index contributed by atoms with van der Waals surface area (Å²) in [6.45, 7) is 3.66. The monoisotopic (exact) mass is 341 g/mol. The lowest BCUT2D eigenvalue weighted by Crippen LogP contribution is -2.03. The van der Waals surface area contributed by atoms with E-state index in [-0.39, 0.29) is 30.9 Å². The number of phenols is 1. The van der Waals surface area contributed by atoms with E-state index in [9.17, 15) is 14.5 Å². The van der Waals surface area contributed by atoms with Gasteiger partial charge in [-0.3, -0.25) is 0 Å². The van der Waals surface area contributed by atoms with Gasteiger partial charge in [-0.15, -0.1) is 9.42 Å². The molecule has 0 saturated carbocycles. The highest BCUT2D eigenvalue weighted by Gasteiger charge is 2.31. The highest BCUT2D eigenvalue weighted by Crippen LogP contribution is 2.41. The molecule has 2 N–H and O–H groups in total. The molecule has 0 radical (unpaired) electrons. The lowest BCUT2D eigenvalue weighted by Gasteiger charge is -2.15. The number of carbonyl (C=O) groups excluding carboxylic acids is 1. The predicted molar refractivity (Wildman–Crippen MR) is 81.8 cm³/mol. The second kappa shape index (κ2) is 7.08. The van der Waals surface area contributed by atoms with Crippen LogP contribution in [0.2, 0.25) is 0 Å². The molecule has 1 unspecified atom stereocenters. The van der Waals surface area contributed by atoms with E-state index in [1.165, 1.54) is 7.11 Å². The van der Waals surface area contributed by atoms with Gasteiger partial charge in [-0.2, -0.15) is 0 Å². The molecule has 1 atom stereocenters. The van der Waals surface area contributed by atoms with Crippen molar-refractivity contribution >= 4 is 14.2 Å². The molecule has 8 heteroatoms. The third kappa shape index (κ3) is 3.52. The summed E-state index contributed by atoms with van der Waals surface area (Å²) < 4.78 is 25.5. The van der Waals surface area contributed by atoms with Crippen molar-refractivity contribution in [1.82, 2.24) is 0 Å². The molecule has 0 spiro atoms. The van der Waals surface area contributed by atoms with Crippen LogP contribution in [0.3, 0.4) is 0 Å². The number of allylic oxidation sites excluding steroid dienone is 1. The van der Waals surface area contributed by atoms with Crippen molar-refractivity contribution in [2.75, 3.05) is 13.7 Å². The molecule has 1 aromatic rings. The maximum Gasteiger partial charge on any atom is 0.695 e. The molecule has 1 heterocycles. The standard InChI is InChI=1S/C15H17O7P/c1-8(6-22-23(18)19)4-5-10-13(16)12-11(7-21-15(12)17)9(2)14(10)20-3/h4H,5-7H2,1-3H3,(H-,16,17,18,19)/p+1. The van der Waals surface area contributed by atoms with Gasteiger partial charge in [-0.25, -0.2) is 4.79 Å². The first kappa shape index (κ1) is 17.4. The average Bonchev–Trinajstić information content (AvgIpc) is 2.89. The fourth-order valence-electron chi connectivity index (χ4n) is 2.52. The number of phenolic OH excluding ortho intramolecular Hbond substituents is 1. The van der Waals surface area contributed by atoms with Crippen molar-refractivity contribution in [2.24, 2.45) is 0 Å². The van der Waals surface area contributed by atoms with Gasteiger partial charge >= 0.3 is 14.2 Å². The molecule has 1 aliphatic heterocycles. The first-order valence-electron chi connectivity index (χ1n) is 6.89. The van der Waals surface area contributed by atoms with Crippen LogP contribution in [0.4, 0.5) is 0 Å². The van der Waals surface area contributed by atoms with Crippen molar-refractivity contribution in [2.45, 2.75) is 26.9 Å². The Balaban J connectivity index is 2.37. The average molecular weight is 341 g/mol. The van der Waals surface area contributed by atoms with E-state index >= 15 is 0 Å². The van der Waals surface area contributed by atoms with E-state index in [0.717, 1.165) is 5.56 Å². The van der Waals surface area contributed by atoms with Crippen LogP contribution in [0.15, 0.2) is 11.6 Å². The number of fused-ring (bicyclic) bond motifs is 1. The quantitative estimate of drug-likeness (QED) is 0.466. The summed E-state index contributed by atoms with van der Waals surface area (Å²) in [4.78, 5) is 20.4. The Morgan fingerprint density at radius 1 is 1.48 bits per heavy atom. The van der Waals surface area contributed by atoms with Crippen LogP contribution < -0.4 is 4.74 Å². The summed E-state index contributed by atoms with van der Waals surface area (Å²) in [5, 5.41) is 10.4. The predicted octanol–water partition coefficient (Wildman–Crippen LogP) is 2.53. The van der Waals surface area contributed by atoms with Crippen LogP contribution in [0.25, 0.3) is 0 Å². The third-order valence-electron chi connectivity index (χ3n) is 3.70. The van der Waals surface area contributed by atoms with Crippen LogP contribution in [0, 0.1) is 6.92 Å². The zero-order valence-electron chi connectivity index (χ0n) is 13.1. The SMILES string of the molecule is COc1c(C)c2c(c(O)c1CC=C(C)CO[P+](=O)O)C(=O)OC2. The van der Waals surface area contributed by atoms with E-state index in [4.69, 9.17) is 14.4 Å². The van der Waals surface area contributed by atoms with Crippen molar-refractivity contribution < 1.29 is 33.4 Å². The van der Waals surface area contributed by atoms with Gasteiger partial charge in [0, 0.05) is 15.7 Å². The maximum absolute atomic E-state index is 11.8. The van der Waals surface area contributed by atoms with Crippen LogP contribution in [-0.2, 0) is 26.9 Å². The fraction of sp³-hybridized carbons (Fsp3) is 0.400. The molecule has 1 aromatic carbocycles. The number of carbonyl (C=O) groups is 1. The molecule has 124 valence electrons. The Hall–Kier alpha value is -1.95. The van der Waals surface area contributed by atoms with Gasteiger partial charge in [-0.05, 0) is 31.4 Å². The summed E-state index contributed by atoms with van der Waals surface area (Å²) >= 11 is 0. The molecular formula is C15H18O7P+. The zero-order chi connectivity index (χ0) is 17.1. The number of hydrogen-bond donors (Lipinski definition) is 2. The van der Waals surface area contributed by atoms with E-state index in [1.807, 2.05) is 0 Å². The number of esters is 1. The largest absolute Gasteiger partial charge is 0.695 e. The minimum absolute atomic E-state index is 0.000740. The Labute approximate surface area is 134 Å². The highest BCUT2D eigenvalue weighted by atomic mass is 31.1. The third-order valence-corrected chi connectivity index (χ3v) is 4.05. The fourth-order valence-corrected chi connectivity index (χ4v) is 2.83. The molecule has 0 aromatic heterocycles. The minimum Gasteiger partial charge on any atom is -0.507 e. The van der Waals surface area contributed by atoms with Gasteiger partial charge in [-0.1, -0.05) is 6.08 Å². The van der Waals surface area contributed by atoms with Gasteiger partial charge in [0.05, 0.1) is 7.11 Å². The van der Waals surface area contributed by atoms with E-state index in [1.54, 1.807) is 19.9 Å². The molecular weight excluding hydrogens is 323 g/mol. The summed E-state index contributed by atoms with van der Waals surface area (Å²) in [6.07, 6.45) is 2.02. The van der Waals surface area contributed by atoms with Crippen molar-refractivity contribution in [1.29, 1.82) is 0 Å². The Morgan fingerprint density at radius 3 is 2.78 bits per heavy atom. The van der Waals surface area contributed by atoms with Crippen molar-refractivity contribution in [3.63, 3.8) is 0 Å². The highest BCUT2D eigenvalue weighted by molar-refractivity contribution is 7.32. The number of hydrogen-bond acceptors (Lipinski definition) is 6. The summed E-state index contributed by atoms with van der Waals surface area (Å²) in [6, 6.07) is 0. The van der Waals surface area contributed by atoms with Crippen LogP contribution in [-0.4, -0.2) is 29.7 Å². The first-order chi connectivity index (χ1) is 10.9. The Bertz CT molecular complexity index is 694. The lowest BCUT2D eigenvalue weighted by molar-refractivity contribution is 0.0533. The zero-order valence-corrected chi connectivity index (χ0v) is 14.0.